The lowest BCUT2D eigenvalue weighted by molar-refractivity contribution is 0.0657. The Morgan fingerprint density at radius 2 is 1.94 bits per heavy atom. The summed E-state index contributed by atoms with van der Waals surface area (Å²) in [6.07, 6.45) is 2.40. The molecule has 168 valence electrons. The minimum Gasteiger partial charge on any atom is -0.339 e. The predicted molar refractivity (Wildman–Crippen MR) is 121 cm³/mol. The number of piperidine rings is 1. The van der Waals surface area contributed by atoms with Crippen LogP contribution in [-0.2, 0) is 13.5 Å². The largest absolute Gasteiger partial charge is 0.339 e. The van der Waals surface area contributed by atoms with Crippen molar-refractivity contribution in [1.82, 2.24) is 24.8 Å². The summed E-state index contributed by atoms with van der Waals surface area (Å²) in [6, 6.07) is 18.0. The summed E-state index contributed by atoms with van der Waals surface area (Å²) in [4.78, 5) is 19.5. The van der Waals surface area contributed by atoms with Gasteiger partial charge >= 0.3 is 0 Å². The number of benzene rings is 2. The van der Waals surface area contributed by atoms with Crippen LogP contribution in [0.2, 0.25) is 0 Å². The van der Waals surface area contributed by atoms with Crippen molar-refractivity contribution in [2.75, 3.05) is 13.1 Å². The first-order valence-electron chi connectivity index (χ1n) is 11.0. The summed E-state index contributed by atoms with van der Waals surface area (Å²) in [6.45, 7) is 1.30. The van der Waals surface area contributed by atoms with E-state index in [0.29, 0.717) is 36.7 Å². The lowest BCUT2D eigenvalue weighted by atomic mass is 9.94. The molecule has 4 aromatic rings. The van der Waals surface area contributed by atoms with Crippen LogP contribution in [0.15, 0.2) is 65.2 Å². The van der Waals surface area contributed by atoms with Crippen molar-refractivity contribution in [3.8, 4) is 22.6 Å². The monoisotopic (exact) mass is 445 g/mol. The van der Waals surface area contributed by atoms with Crippen LogP contribution in [0.5, 0.6) is 0 Å². The van der Waals surface area contributed by atoms with Crippen LogP contribution in [0.25, 0.3) is 22.6 Å². The van der Waals surface area contributed by atoms with Crippen LogP contribution in [0.3, 0.4) is 0 Å². The van der Waals surface area contributed by atoms with Gasteiger partial charge < -0.3 is 9.42 Å². The third-order valence-electron chi connectivity index (χ3n) is 6.02. The molecule has 0 spiro atoms. The SMILES string of the molecule is Cn1nc(-c2ccccc2)cc1C(=O)N1CCC[C@@H](Cc2nc(-c3ccccc3F)no2)C1. The smallest absolute Gasteiger partial charge is 0.272 e. The van der Waals surface area contributed by atoms with Gasteiger partial charge in [-0.1, -0.05) is 47.6 Å². The molecule has 0 saturated carbocycles. The number of carbonyl (C=O) groups excluding carboxylic acids is 1. The first-order chi connectivity index (χ1) is 16.1. The summed E-state index contributed by atoms with van der Waals surface area (Å²) in [7, 11) is 1.80. The Hall–Kier alpha value is -3.81. The molecule has 33 heavy (non-hydrogen) atoms. The number of carbonyl (C=O) groups is 1. The van der Waals surface area contributed by atoms with Gasteiger partial charge in [0.15, 0.2) is 0 Å². The summed E-state index contributed by atoms with van der Waals surface area (Å²) < 4.78 is 21.0. The number of aryl methyl sites for hydroxylation is 1. The molecule has 7 nitrogen and oxygen atoms in total. The number of aromatic nitrogens is 4. The molecular formula is C25H24FN5O2. The Balaban J connectivity index is 1.27. The molecule has 0 N–H and O–H groups in total. The molecule has 1 aliphatic heterocycles. The van der Waals surface area contributed by atoms with Crippen molar-refractivity contribution in [3.63, 3.8) is 0 Å². The summed E-state index contributed by atoms with van der Waals surface area (Å²) in [5.41, 5.74) is 2.64. The van der Waals surface area contributed by atoms with Crippen molar-refractivity contribution < 1.29 is 13.7 Å². The zero-order valence-corrected chi connectivity index (χ0v) is 18.3. The molecule has 2 aromatic heterocycles. The van der Waals surface area contributed by atoms with Gasteiger partial charge in [0.05, 0.1) is 11.3 Å². The van der Waals surface area contributed by atoms with E-state index in [9.17, 15) is 9.18 Å². The Labute approximate surface area is 190 Å². The second kappa shape index (κ2) is 8.97. The van der Waals surface area contributed by atoms with Crippen LogP contribution in [0.1, 0.15) is 29.2 Å². The Morgan fingerprint density at radius 3 is 2.76 bits per heavy atom. The average molecular weight is 445 g/mol. The molecule has 2 aromatic carbocycles. The van der Waals surface area contributed by atoms with E-state index in [0.717, 1.165) is 24.1 Å². The van der Waals surface area contributed by atoms with Crippen LogP contribution >= 0.6 is 0 Å². The maximum Gasteiger partial charge on any atom is 0.272 e. The van der Waals surface area contributed by atoms with Crippen molar-refractivity contribution in [2.45, 2.75) is 19.3 Å². The normalized spacial score (nSPS) is 16.2. The van der Waals surface area contributed by atoms with E-state index in [4.69, 9.17) is 4.52 Å². The van der Waals surface area contributed by atoms with Crippen molar-refractivity contribution in [2.24, 2.45) is 13.0 Å². The Morgan fingerprint density at radius 1 is 1.15 bits per heavy atom. The molecule has 1 fully saturated rings. The number of likely N-dealkylation sites (tertiary alicyclic amines) is 1. The zero-order valence-electron chi connectivity index (χ0n) is 18.3. The highest BCUT2D eigenvalue weighted by molar-refractivity contribution is 5.93. The molecule has 5 rings (SSSR count). The van der Waals surface area contributed by atoms with E-state index in [1.807, 2.05) is 41.3 Å². The molecule has 1 atom stereocenters. The van der Waals surface area contributed by atoms with Gasteiger partial charge in [0, 0.05) is 32.1 Å². The number of hydrogen-bond donors (Lipinski definition) is 0. The molecular weight excluding hydrogens is 421 g/mol. The van der Waals surface area contributed by atoms with Crippen molar-refractivity contribution in [3.05, 3.63) is 78.1 Å². The fraction of sp³-hybridized carbons (Fsp3) is 0.280. The second-order valence-electron chi connectivity index (χ2n) is 8.36. The maximum atomic E-state index is 14.0. The van der Waals surface area contributed by atoms with Crippen molar-refractivity contribution >= 4 is 5.91 Å². The van der Waals surface area contributed by atoms with Crippen LogP contribution in [0, 0.1) is 11.7 Å². The summed E-state index contributed by atoms with van der Waals surface area (Å²) in [5, 5.41) is 8.47. The first-order valence-corrected chi connectivity index (χ1v) is 11.0. The molecule has 1 aliphatic rings. The minimum atomic E-state index is -0.384. The van der Waals surface area contributed by atoms with Gasteiger partial charge in [-0.25, -0.2) is 4.39 Å². The molecule has 8 heteroatoms. The van der Waals surface area contributed by atoms with Gasteiger partial charge in [-0.3, -0.25) is 9.48 Å². The van der Waals surface area contributed by atoms with E-state index in [-0.39, 0.29) is 23.5 Å². The predicted octanol–water partition coefficient (Wildman–Crippen LogP) is 4.37. The van der Waals surface area contributed by atoms with Gasteiger partial charge in [-0.05, 0) is 37.0 Å². The van der Waals surface area contributed by atoms with Crippen LogP contribution in [-0.4, -0.2) is 43.8 Å². The quantitative estimate of drug-likeness (QED) is 0.456. The molecule has 0 radical (unpaired) electrons. The Bertz CT molecular complexity index is 1270. The van der Waals surface area contributed by atoms with Gasteiger partial charge in [0.2, 0.25) is 11.7 Å². The van der Waals surface area contributed by atoms with Crippen molar-refractivity contribution in [1.29, 1.82) is 0 Å². The molecule has 0 unspecified atom stereocenters. The number of rotatable bonds is 5. The van der Waals surface area contributed by atoms with E-state index in [2.05, 4.69) is 15.2 Å². The number of hydrogen-bond acceptors (Lipinski definition) is 5. The second-order valence-corrected chi connectivity index (χ2v) is 8.36. The van der Waals surface area contributed by atoms with Gasteiger partial charge in [0.25, 0.3) is 5.91 Å². The molecule has 1 amide bonds. The third-order valence-corrected chi connectivity index (χ3v) is 6.02. The highest BCUT2D eigenvalue weighted by Crippen LogP contribution is 2.25. The lowest BCUT2D eigenvalue weighted by Gasteiger charge is -2.32. The topological polar surface area (TPSA) is 77.1 Å². The first kappa shape index (κ1) is 21.1. The van der Waals surface area contributed by atoms with Gasteiger partial charge in [-0.15, -0.1) is 0 Å². The molecule has 3 heterocycles. The molecule has 0 bridgehead atoms. The highest BCUT2D eigenvalue weighted by atomic mass is 19.1. The van der Waals surface area contributed by atoms with Crippen LogP contribution < -0.4 is 0 Å². The third kappa shape index (κ3) is 4.41. The summed E-state index contributed by atoms with van der Waals surface area (Å²) >= 11 is 0. The highest BCUT2D eigenvalue weighted by Gasteiger charge is 2.28. The number of amides is 1. The van der Waals surface area contributed by atoms with Crippen LogP contribution in [0.4, 0.5) is 4.39 Å². The molecule has 0 aliphatic carbocycles. The van der Waals surface area contributed by atoms with E-state index in [1.165, 1.54) is 6.07 Å². The van der Waals surface area contributed by atoms with E-state index >= 15 is 0 Å². The Kier molecular flexibility index (Phi) is 5.73. The maximum absolute atomic E-state index is 14.0. The summed E-state index contributed by atoms with van der Waals surface area (Å²) in [5.74, 6) is 0.479. The minimum absolute atomic E-state index is 0.0329. The molecule has 1 saturated heterocycles. The lowest BCUT2D eigenvalue weighted by Crippen LogP contribution is -2.41. The number of halogens is 1. The van der Waals surface area contributed by atoms with E-state index in [1.54, 1.807) is 29.9 Å². The van der Waals surface area contributed by atoms with Gasteiger partial charge in [-0.2, -0.15) is 10.1 Å². The zero-order chi connectivity index (χ0) is 22.8. The number of nitrogens with zero attached hydrogens (tertiary/aromatic N) is 5. The average Bonchev–Trinajstić information content (AvgIpc) is 3.46. The standard InChI is InChI=1S/C25H24FN5O2/c1-30-22(15-21(28-30)18-9-3-2-4-10-18)25(32)31-13-7-8-17(16-31)14-23-27-24(29-33-23)19-11-5-6-12-20(19)26/h2-6,9-12,15,17H,7-8,13-14,16H2,1H3/t17-/m0/s1. The fourth-order valence-corrected chi connectivity index (χ4v) is 4.33. The van der Waals surface area contributed by atoms with E-state index < -0.39 is 0 Å². The van der Waals surface area contributed by atoms with Gasteiger partial charge in [0.1, 0.15) is 11.5 Å². The fourth-order valence-electron chi connectivity index (χ4n) is 4.33.